The number of benzene rings is 1. The molecule has 0 aliphatic rings. The Morgan fingerprint density at radius 1 is 1.22 bits per heavy atom. The van der Waals surface area contributed by atoms with Crippen molar-refractivity contribution in [3.05, 3.63) is 29.8 Å². The third-order valence-corrected chi connectivity index (χ3v) is 2.98. The van der Waals surface area contributed by atoms with Crippen LogP contribution in [-0.4, -0.2) is 18.9 Å². The minimum Gasteiger partial charge on any atom is -0.355 e. The molecule has 0 fully saturated rings. The topological polar surface area (TPSA) is 58.2 Å². The van der Waals surface area contributed by atoms with E-state index in [0.717, 1.165) is 12.8 Å². The highest BCUT2D eigenvalue weighted by molar-refractivity contribution is 5.97. The fraction of sp³-hybridized carbons (Fsp3) is 0.429. The van der Waals surface area contributed by atoms with Gasteiger partial charge in [-0.15, -0.1) is 0 Å². The third kappa shape index (κ3) is 3.58. The molecule has 18 heavy (non-hydrogen) atoms. The van der Waals surface area contributed by atoms with Crippen LogP contribution in [-0.2, 0) is 4.79 Å². The number of hydrogen-bond donors (Lipinski definition) is 2. The summed E-state index contributed by atoms with van der Waals surface area (Å²) in [5, 5.41) is 5.40. The van der Waals surface area contributed by atoms with Crippen LogP contribution in [0.25, 0.3) is 0 Å². The van der Waals surface area contributed by atoms with E-state index in [2.05, 4.69) is 10.6 Å². The molecule has 1 aromatic carbocycles. The summed E-state index contributed by atoms with van der Waals surface area (Å²) in [5.74, 6) is -0.128. The predicted molar refractivity (Wildman–Crippen MR) is 72.5 cm³/mol. The maximum atomic E-state index is 11.9. The van der Waals surface area contributed by atoms with Gasteiger partial charge in [-0.3, -0.25) is 9.59 Å². The first-order valence-corrected chi connectivity index (χ1v) is 6.25. The van der Waals surface area contributed by atoms with Gasteiger partial charge in [0, 0.05) is 24.2 Å². The van der Waals surface area contributed by atoms with Crippen LogP contribution in [0.15, 0.2) is 24.3 Å². The van der Waals surface area contributed by atoms with Gasteiger partial charge >= 0.3 is 0 Å². The normalized spacial score (nSPS) is 10.2. The molecule has 2 N–H and O–H groups in total. The van der Waals surface area contributed by atoms with Gasteiger partial charge in [0.05, 0.1) is 0 Å². The predicted octanol–water partition coefficient (Wildman–Crippen LogP) is 2.42. The molecule has 0 aliphatic heterocycles. The summed E-state index contributed by atoms with van der Waals surface area (Å²) in [6.07, 6.45) is 1.63. The molecule has 0 spiro atoms. The lowest BCUT2D eigenvalue weighted by Crippen LogP contribution is -2.22. The standard InChI is InChI=1S/C14H20N2O2/c1-4-10(5-2)14(18)16-12-8-6-7-11(9-12)13(17)15-3/h6-10H,4-5H2,1-3H3,(H,15,17)(H,16,18). The van der Waals surface area contributed by atoms with Gasteiger partial charge in [-0.1, -0.05) is 19.9 Å². The first-order valence-electron chi connectivity index (χ1n) is 6.25. The fourth-order valence-corrected chi connectivity index (χ4v) is 1.79. The second-order valence-corrected chi connectivity index (χ2v) is 4.16. The molecule has 0 aromatic heterocycles. The zero-order valence-electron chi connectivity index (χ0n) is 11.1. The highest BCUT2D eigenvalue weighted by atomic mass is 16.2. The summed E-state index contributed by atoms with van der Waals surface area (Å²) in [6, 6.07) is 6.94. The second-order valence-electron chi connectivity index (χ2n) is 4.16. The van der Waals surface area contributed by atoms with Gasteiger partial charge in [-0.05, 0) is 31.0 Å². The van der Waals surface area contributed by atoms with Crippen molar-refractivity contribution < 1.29 is 9.59 Å². The first kappa shape index (κ1) is 14.2. The Labute approximate surface area is 108 Å². The van der Waals surface area contributed by atoms with Crippen LogP contribution in [0.2, 0.25) is 0 Å². The molecule has 4 heteroatoms. The molecule has 0 saturated heterocycles. The molecule has 0 bridgehead atoms. The van der Waals surface area contributed by atoms with Gasteiger partial charge in [-0.25, -0.2) is 0 Å². The van der Waals surface area contributed by atoms with Crippen LogP contribution in [0.1, 0.15) is 37.0 Å². The molecule has 1 aromatic rings. The van der Waals surface area contributed by atoms with Gasteiger partial charge in [0.15, 0.2) is 0 Å². The van der Waals surface area contributed by atoms with Crippen LogP contribution >= 0.6 is 0 Å². The van der Waals surface area contributed by atoms with Crippen molar-refractivity contribution in [3.63, 3.8) is 0 Å². The summed E-state index contributed by atoms with van der Waals surface area (Å²) in [4.78, 5) is 23.4. The van der Waals surface area contributed by atoms with Crippen molar-refractivity contribution in [1.29, 1.82) is 0 Å². The van der Waals surface area contributed by atoms with Crippen LogP contribution in [0, 0.1) is 5.92 Å². The number of nitrogens with one attached hydrogen (secondary N) is 2. The molecule has 0 radical (unpaired) electrons. The van der Waals surface area contributed by atoms with E-state index in [-0.39, 0.29) is 17.7 Å². The lowest BCUT2D eigenvalue weighted by atomic mass is 10.0. The number of rotatable bonds is 5. The van der Waals surface area contributed by atoms with Crippen molar-refractivity contribution in [3.8, 4) is 0 Å². The molecule has 2 amide bonds. The van der Waals surface area contributed by atoms with E-state index in [4.69, 9.17) is 0 Å². The summed E-state index contributed by atoms with van der Waals surface area (Å²) in [5.41, 5.74) is 1.20. The molecule has 4 nitrogen and oxygen atoms in total. The number of amides is 2. The molecular formula is C14H20N2O2. The van der Waals surface area contributed by atoms with E-state index in [1.165, 1.54) is 0 Å². The minimum absolute atomic E-state index is 0.00839. The lowest BCUT2D eigenvalue weighted by molar-refractivity contribution is -0.120. The van der Waals surface area contributed by atoms with Gasteiger partial charge in [0.1, 0.15) is 0 Å². The van der Waals surface area contributed by atoms with Crippen LogP contribution in [0.3, 0.4) is 0 Å². The van der Waals surface area contributed by atoms with Crippen LogP contribution < -0.4 is 10.6 Å². The quantitative estimate of drug-likeness (QED) is 0.840. The molecular weight excluding hydrogens is 228 g/mol. The SMILES string of the molecule is CCC(CC)C(=O)Nc1cccc(C(=O)NC)c1. The summed E-state index contributed by atoms with van der Waals surface area (Å²) >= 11 is 0. The van der Waals surface area contributed by atoms with Gasteiger partial charge in [0.25, 0.3) is 5.91 Å². The van der Waals surface area contributed by atoms with Crippen molar-refractivity contribution in [2.75, 3.05) is 12.4 Å². The molecule has 1 rings (SSSR count). The zero-order valence-corrected chi connectivity index (χ0v) is 11.1. The summed E-state index contributed by atoms with van der Waals surface area (Å²) in [7, 11) is 1.58. The van der Waals surface area contributed by atoms with Gasteiger partial charge in [0.2, 0.25) is 5.91 Å². The van der Waals surface area contributed by atoms with E-state index in [0.29, 0.717) is 11.3 Å². The van der Waals surface area contributed by atoms with E-state index in [1.807, 2.05) is 13.8 Å². The molecule has 0 aliphatic carbocycles. The maximum Gasteiger partial charge on any atom is 0.251 e. The average molecular weight is 248 g/mol. The number of carbonyl (C=O) groups excluding carboxylic acids is 2. The maximum absolute atomic E-state index is 11.9. The Bertz CT molecular complexity index is 426. The van der Waals surface area contributed by atoms with Crippen molar-refractivity contribution in [2.45, 2.75) is 26.7 Å². The highest BCUT2D eigenvalue weighted by Crippen LogP contribution is 2.14. The van der Waals surface area contributed by atoms with E-state index < -0.39 is 0 Å². The van der Waals surface area contributed by atoms with Gasteiger partial charge in [-0.2, -0.15) is 0 Å². The Hall–Kier alpha value is -1.84. The van der Waals surface area contributed by atoms with Gasteiger partial charge < -0.3 is 10.6 Å². The highest BCUT2D eigenvalue weighted by Gasteiger charge is 2.14. The van der Waals surface area contributed by atoms with E-state index in [9.17, 15) is 9.59 Å². The van der Waals surface area contributed by atoms with Crippen LogP contribution in [0.4, 0.5) is 5.69 Å². The summed E-state index contributed by atoms with van der Waals surface area (Å²) < 4.78 is 0. The zero-order chi connectivity index (χ0) is 13.5. The molecule has 0 heterocycles. The average Bonchev–Trinajstić information content (AvgIpc) is 2.39. The fourth-order valence-electron chi connectivity index (χ4n) is 1.79. The summed E-state index contributed by atoms with van der Waals surface area (Å²) in [6.45, 7) is 3.99. The first-order chi connectivity index (χ1) is 8.62. The third-order valence-electron chi connectivity index (χ3n) is 2.98. The van der Waals surface area contributed by atoms with Crippen molar-refractivity contribution in [1.82, 2.24) is 5.32 Å². The molecule has 0 unspecified atom stereocenters. The van der Waals surface area contributed by atoms with Crippen molar-refractivity contribution in [2.24, 2.45) is 5.92 Å². The number of hydrogen-bond acceptors (Lipinski definition) is 2. The van der Waals surface area contributed by atoms with E-state index >= 15 is 0 Å². The Kier molecular flexibility index (Phi) is 5.36. The van der Waals surface area contributed by atoms with E-state index in [1.54, 1.807) is 31.3 Å². The molecule has 98 valence electrons. The Balaban J connectivity index is 2.79. The number of carbonyl (C=O) groups is 2. The second kappa shape index (κ2) is 6.79. The largest absolute Gasteiger partial charge is 0.355 e. The smallest absolute Gasteiger partial charge is 0.251 e. The molecule has 0 saturated carbocycles. The Morgan fingerprint density at radius 3 is 2.44 bits per heavy atom. The Morgan fingerprint density at radius 2 is 1.89 bits per heavy atom. The molecule has 0 atom stereocenters. The number of anilines is 1. The van der Waals surface area contributed by atoms with Crippen molar-refractivity contribution >= 4 is 17.5 Å². The minimum atomic E-state index is -0.159. The van der Waals surface area contributed by atoms with Crippen LogP contribution in [0.5, 0.6) is 0 Å². The lowest BCUT2D eigenvalue weighted by Gasteiger charge is -2.13. The monoisotopic (exact) mass is 248 g/mol.